The molecular formula is C18H27ClN2O. The fraction of sp³-hybridized carbons (Fsp3) is 0.667. The molecule has 22 heavy (non-hydrogen) atoms. The molecule has 2 aliphatic rings. The molecule has 0 aromatic heterocycles. The lowest BCUT2D eigenvalue weighted by Gasteiger charge is -2.34. The average Bonchev–Trinajstić information content (AvgIpc) is 2.50. The Kier molecular flexibility index (Phi) is 5.40. The van der Waals surface area contributed by atoms with Crippen molar-refractivity contribution >= 4 is 11.6 Å². The van der Waals surface area contributed by atoms with E-state index in [-0.39, 0.29) is 6.10 Å². The van der Waals surface area contributed by atoms with E-state index in [0.29, 0.717) is 0 Å². The fourth-order valence-electron chi connectivity index (χ4n) is 3.63. The first-order chi connectivity index (χ1) is 10.6. The molecule has 1 saturated heterocycles. The third-order valence-corrected chi connectivity index (χ3v) is 5.31. The topological polar surface area (TPSA) is 26.7 Å². The molecule has 1 unspecified atom stereocenters. The first-order valence-corrected chi connectivity index (χ1v) is 8.88. The van der Waals surface area contributed by atoms with Crippen molar-refractivity contribution in [2.24, 2.45) is 5.92 Å². The van der Waals surface area contributed by atoms with Crippen LogP contribution in [0.2, 0.25) is 5.02 Å². The van der Waals surface area contributed by atoms with Gasteiger partial charge in [-0.3, -0.25) is 4.90 Å². The highest BCUT2D eigenvalue weighted by Gasteiger charge is 2.22. The number of benzene rings is 1. The van der Waals surface area contributed by atoms with Crippen LogP contribution in [0.25, 0.3) is 0 Å². The van der Waals surface area contributed by atoms with Crippen molar-refractivity contribution in [2.75, 3.05) is 32.7 Å². The standard InChI is InChI=1S/C18H27ClN2O/c1-14-4-7-20(8-5-14)12-18(22)13-21-9-6-15-10-17(19)3-2-16(15)11-21/h2-3,10,14,18,22H,4-9,11-13H2,1H3. The number of aliphatic hydroxyl groups excluding tert-OH is 1. The van der Waals surface area contributed by atoms with E-state index in [4.69, 9.17) is 11.6 Å². The molecule has 4 heteroatoms. The van der Waals surface area contributed by atoms with Gasteiger partial charge in [-0.25, -0.2) is 0 Å². The Balaban J connectivity index is 1.48. The smallest absolute Gasteiger partial charge is 0.0793 e. The van der Waals surface area contributed by atoms with Gasteiger partial charge in [-0.05, 0) is 61.5 Å². The summed E-state index contributed by atoms with van der Waals surface area (Å²) in [5.74, 6) is 0.846. The fourth-order valence-corrected chi connectivity index (χ4v) is 3.83. The monoisotopic (exact) mass is 322 g/mol. The SMILES string of the molecule is CC1CCN(CC(O)CN2CCc3cc(Cl)ccc3C2)CC1. The molecule has 1 aromatic carbocycles. The van der Waals surface area contributed by atoms with Gasteiger partial charge in [-0.2, -0.15) is 0 Å². The second kappa shape index (κ2) is 7.31. The summed E-state index contributed by atoms with van der Waals surface area (Å²) in [6.45, 7) is 8.14. The number of aliphatic hydroxyl groups is 1. The van der Waals surface area contributed by atoms with Crippen molar-refractivity contribution in [2.45, 2.75) is 38.8 Å². The van der Waals surface area contributed by atoms with Crippen LogP contribution >= 0.6 is 11.6 Å². The minimum atomic E-state index is -0.248. The number of rotatable bonds is 4. The lowest BCUT2D eigenvalue weighted by atomic mass is 9.98. The maximum Gasteiger partial charge on any atom is 0.0793 e. The van der Waals surface area contributed by atoms with Gasteiger partial charge in [0.25, 0.3) is 0 Å². The molecule has 2 aliphatic heterocycles. The average molecular weight is 323 g/mol. The minimum Gasteiger partial charge on any atom is -0.390 e. The summed E-state index contributed by atoms with van der Waals surface area (Å²) in [6, 6.07) is 6.18. The van der Waals surface area contributed by atoms with Crippen LogP contribution in [0.15, 0.2) is 18.2 Å². The molecule has 0 aliphatic carbocycles. The number of hydrogen-bond donors (Lipinski definition) is 1. The van der Waals surface area contributed by atoms with Crippen molar-refractivity contribution in [1.29, 1.82) is 0 Å². The van der Waals surface area contributed by atoms with Crippen LogP contribution in [0, 0.1) is 5.92 Å². The van der Waals surface area contributed by atoms with Crippen LogP contribution in [0.1, 0.15) is 30.9 Å². The molecule has 1 N–H and O–H groups in total. The number of halogens is 1. The number of fused-ring (bicyclic) bond motifs is 1. The van der Waals surface area contributed by atoms with E-state index < -0.39 is 0 Å². The van der Waals surface area contributed by atoms with Gasteiger partial charge in [0.05, 0.1) is 6.10 Å². The van der Waals surface area contributed by atoms with Crippen molar-refractivity contribution in [3.63, 3.8) is 0 Å². The summed E-state index contributed by atoms with van der Waals surface area (Å²) >= 11 is 6.06. The number of hydrogen-bond acceptors (Lipinski definition) is 3. The van der Waals surface area contributed by atoms with Crippen molar-refractivity contribution < 1.29 is 5.11 Å². The minimum absolute atomic E-state index is 0.248. The predicted octanol–water partition coefficient (Wildman–Crippen LogP) is 2.79. The molecule has 0 spiro atoms. The first kappa shape index (κ1) is 16.3. The third kappa shape index (κ3) is 4.23. The molecular weight excluding hydrogens is 296 g/mol. The number of piperidine rings is 1. The summed E-state index contributed by atoms with van der Waals surface area (Å²) in [6.07, 6.45) is 3.32. The molecule has 1 aromatic rings. The molecule has 3 nitrogen and oxygen atoms in total. The molecule has 3 rings (SSSR count). The second-order valence-electron chi connectivity index (χ2n) is 7.04. The Morgan fingerprint density at radius 2 is 1.86 bits per heavy atom. The molecule has 122 valence electrons. The van der Waals surface area contributed by atoms with Crippen LogP contribution < -0.4 is 0 Å². The largest absolute Gasteiger partial charge is 0.390 e. The van der Waals surface area contributed by atoms with E-state index in [2.05, 4.69) is 28.9 Å². The zero-order chi connectivity index (χ0) is 15.5. The summed E-state index contributed by atoms with van der Waals surface area (Å²) in [5.41, 5.74) is 2.72. The van der Waals surface area contributed by atoms with E-state index in [1.54, 1.807) is 0 Å². The molecule has 0 amide bonds. The highest BCUT2D eigenvalue weighted by Crippen LogP contribution is 2.23. The van der Waals surface area contributed by atoms with Crippen LogP contribution in [-0.2, 0) is 13.0 Å². The zero-order valence-electron chi connectivity index (χ0n) is 13.5. The van der Waals surface area contributed by atoms with Gasteiger partial charge in [0, 0.05) is 31.2 Å². The first-order valence-electron chi connectivity index (χ1n) is 8.50. The van der Waals surface area contributed by atoms with E-state index in [1.807, 2.05) is 6.07 Å². The number of nitrogens with zero attached hydrogens (tertiary/aromatic N) is 2. The van der Waals surface area contributed by atoms with E-state index in [0.717, 1.165) is 56.6 Å². The van der Waals surface area contributed by atoms with Gasteiger partial charge in [0.1, 0.15) is 0 Å². The molecule has 1 fully saturated rings. The second-order valence-corrected chi connectivity index (χ2v) is 7.47. The molecule has 0 radical (unpaired) electrons. The maximum absolute atomic E-state index is 10.4. The van der Waals surface area contributed by atoms with Gasteiger partial charge < -0.3 is 10.0 Å². The van der Waals surface area contributed by atoms with Crippen LogP contribution in [0.4, 0.5) is 0 Å². The van der Waals surface area contributed by atoms with Gasteiger partial charge >= 0.3 is 0 Å². The summed E-state index contributed by atoms with van der Waals surface area (Å²) in [4.78, 5) is 4.79. The third-order valence-electron chi connectivity index (χ3n) is 5.07. The molecule has 0 saturated carbocycles. The van der Waals surface area contributed by atoms with Gasteiger partial charge in [-0.1, -0.05) is 24.6 Å². The highest BCUT2D eigenvalue weighted by molar-refractivity contribution is 6.30. The molecule has 0 bridgehead atoms. The maximum atomic E-state index is 10.4. The lowest BCUT2D eigenvalue weighted by molar-refractivity contribution is 0.0576. The van der Waals surface area contributed by atoms with Crippen molar-refractivity contribution in [1.82, 2.24) is 9.80 Å². The Hall–Kier alpha value is -0.610. The molecule has 2 heterocycles. The zero-order valence-corrected chi connectivity index (χ0v) is 14.2. The number of β-amino-alcohol motifs (C(OH)–C–C–N with tert-alkyl or cyclic N) is 1. The Morgan fingerprint density at radius 3 is 2.64 bits per heavy atom. The van der Waals surface area contributed by atoms with Gasteiger partial charge in [0.2, 0.25) is 0 Å². The summed E-state index contributed by atoms with van der Waals surface area (Å²) in [5, 5.41) is 11.2. The predicted molar refractivity (Wildman–Crippen MR) is 91.3 cm³/mol. The van der Waals surface area contributed by atoms with Gasteiger partial charge in [-0.15, -0.1) is 0 Å². The summed E-state index contributed by atoms with van der Waals surface area (Å²) in [7, 11) is 0. The Bertz CT molecular complexity index is 500. The van der Waals surface area contributed by atoms with E-state index >= 15 is 0 Å². The summed E-state index contributed by atoms with van der Waals surface area (Å²) < 4.78 is 0. The van der Waals surface area contributed by atoms with Crippen LogP contribution in [0.5, 0.6) is 0 Å². The van der Waals surface area contributed by atoms with Crippen molar-refractivity contribution in [3.8, 4) is 0 Å². The van der Waals surface area contributed by atoms with E-state index in [9.17, 15) is 5.11 Å². The number of likely N-dealkylation sites (tertiary alicyclic amines) is 1. The highest BCUT2D eigenvalue weighted by atomic mass is 35.5. The van der Waals surface area contributed by atoms with Crippen LogP contribution in [0.3, 0.4) is 0 Å². The van der Waals surface area contributed by atoms with Crippen LogP contribution in [-0.4, -0.2) is 53.7 Å². The molecule has 1 atom stereocenters. The Labute approximate surface area is 138 Å². The van der Waals surface area contributed by atoms with E-state index in [1.165, 1.54) is 24.0 Å². The Morgan fingerprint density at radius 1 is 1.14 bits per heavy atom. The van der Waals surface area contributed by atoms with Crippen molar-refractivity contribution in [3.05, 3.63) is 34.3 Å². The lowest BCUT2D eigenvalue weighted by Crippen LogP contribution is -2.44. The van der Waals surface area contributed by atoms with Gasteiger partial charge in [0.15, 0.2) is 0 Å². The quantitative estimate of drug-likeness (QED) is 0.923. The normalized spacial score (nSPS) is 22.5.